The van der Waals surface area contributed by atoms with Crippen molar-refractivity contribution in [1.29, 1.82) is 0 Å². The van der Waals surface area contributed by atoms with Gasteiger partial charge in [-0.3, -0.25) is 4.79 Å². The van der Waals surface area contributed by atoms with Crippen molar-refractivity contribution in [3.8, 4) is 17.2 Å². The lowest BCUT2D eigenvalue weighted by Crippen LogP contribution is -2.27. The van der Waals surface area contributed by atoms with Gasteiger partial charge in [-0.25, -0.2) is 13.1 Å². The maximum absolute atomic E-state index is 12.7. The van der Waals surface area contributed by atoms with Gasteiger partial charge in [-0.15, -0.1) is 0 Å². The van der Waals surface area contributed by atoms with Crippen molar-refractivity contribution in [1.82, 2.24) is 10.0 Å². The maximum Gasteiger partial charge on any atom is 0.251 e. The zero-order valence-electron chi connectivity index (χ0n) is 16.4. The Morgan fingerprint density at radius 3 is 2.11 bits per heavy atom. The molecule has 0 fully saturated rings. The third kappa shape index (κ3) is 4.55. The van der Waals surface area contributed by atoms with E-state index in [0.717, 1.165) is 5.56 Å². The van der Waals surface area contributed by atoms with Crippen LogP contribution in [-0.2, 0) is 10.0 Å². The molecule has 28 heavy (non-hydrogen) atoms. The van der Waals surface area contributed by atoms with Gasteiger partial charge in [0.05, 0.1) is 27.4 Å². The van der Waals surface area contributed by atoms with Crippen LogP contribution in [0.1, 0.15) is 28.9 Å². The number of carbonyl (C=O) groups excluding carboxylic acids is 1. The van der Waals surface area contributed by atoms with Gasteiger partial charge in [-0.2, -0.15) is 0 Å². The van der Waals surface area contributed by atoms with E-state index in [1.54, 1.807) is 19.2 Å². The standard InChI is InChI=1S/C19H24N2O6S/c1-12(13-6-8-15(25-3)17(10-13)27-5)21-19(22)14-7-9-16(26-4)18(11-14)28(23,24)20-2/h6-12,20H,1-5H3,(H,21,22). The smallest absolute Gasteiger partial charge is 0.251 e. The molecule has 1 amide bonds. The Kier molecular flexibility index (Phi) is 6.87. The minimum atomic E-state index is -3.78. The zero-order chi connectivity index (χ0) is 20.9. The molecular formula is C19H24N2O6S. The van der Waals surface area contributed by atoms with Gasteiger partial charge in [-0.1, -0.05) is 6.07 Å². The summed E-state index contributed by atoms with van der Waals surface area (Å²) in [6.45, 7) is 1.81. The van der Waals surface area contributed by atoms with Crippen molar-refractivity contribution in [2.75, 3.05) is 28.4 Å². The Bertz CT molecular complexity index is 959. The number of ether oxygens (including phenoxy) is 3. The van der Waals surface area contributed by atoms with E-state index in [0.29, 0.717) is 11.5 Å². The fourth-order valence-electron chi connectivity index (χ4n) is 2.62. The summed E-state index contributed by atoms with van der Waals surface area (Å²) in [6.07, 6.45) is 0. The molecule has 2 aromatic rings. The van der Waals surface area contributed by atoms with Gasteiger partial charge in [-0.05, 0) is 49.9 Å². The summed E-state index contributed by atoms with van der Waals surface area (Å²) < 4.78 is 42.2. The van der Waals surface area contributed by atoms with Crippen LogP contribution in [0.4, 0.5) is 0 Å². The minimum Gasteiger partial charge on any atom is -0.495 e. The van der Waals surface area contributed by atoms with Gasteiger partial charge >= 0.3 is 0 Å². The maximum atomic E-state index is 12.7. The number of methoxy groups -OCH3 is 3. The number of benzene rings is 2. The van der Waals surface area contributed by atoms with Crippen molar-refractivity contribution in [2.24, 2.45) is 0 Å². The first-order valence-electron chi connectivity index (χ1n) is 8.41. The molecular weight excluding hydrogens is 384 g/mol. The van der Waals surface area contributed by atoms with Crippen LogP contribution in [0, 0.1) is 0 Å². The molecule has 152 valence electrons. The predicted molar refractivity (Wildman–Crippen MR) is 105 cm³/mol. The third-order valence-corrected chi connectivity index (χ3v) is 5.67. The molecule has 9 heteroatoms. The molecule has 2 rings (SSSR count). The second kappa shape index (κ2) is 8.94. The van der Waals surface area contributed by atoms with Gasteiger partial charge in [0, 0.05) is 5.56 Å². The molecule has 0 aliphatic heterocycles. The number of nitrogens with one attached hydrogen (secondary N) is 2. The highest BCUT2D eigenvalue weighted by atomic mass is 32.2. The van der Waals surface area contributed by atoms with Crippen molar-refractivity contribution in [3.63, 3.8) is 0 Å². The van der Waals surface area contributed by atoms with Crippen LogP contribution in [0.2, 0.25) is 0 Å². The summed E-state index contributed by atoms with van der Waals surface area (Å²) in [7, 11) is 1.96. The largest absolute Gasteiger partial charge is 0.495 e. The lowest BCUT2D eigenvalue weighted by Gasteiger charge is -2.17. The van der Waals surface area contributed by atoms with E-state index < -0.39 is 15.9 Å². The van der Waals surface area contributed by atoms with E-state index in [9.17, 15) is 13.2 Å². The van der Waals surface area contributed by atoms with Crippen molar-refractivity contribution < 1.29 is 27.4 Å². The van der Waals surface area contributed by atoms with E-state index in [-0.39, 0.29) is 22.3 Å². The predicted octanol–water partition coefficient (Wildman–Crippen LogP) is 2.11. The van der Waals surface area contributed by atoms with Crippen molar-refractivity contribution in [3.05, 3.63) is 47.5 Å². The van der Waals surface area contributed by atoms with Crippen LogP contribution in [0.3, 0.4) is 0 Å². The van der Waals surface area contributed by atoms with E-state index in [2.05, 4.69) is 10.0 Å². The minimum absolute atomic E-state index is 0.107. The molecule has 2 aromatic carbocycles. The molecule has 0 aliphatic rings. The molecule has 0 bridgehead atoms. The summed E-state index contributed by atoms with van der Waals surface area (Å²) >= 11 is 0. The van der Waals surface area contributed by atoms with Crippen molar-refractivity contribution >= 4 is 15.9 Å². The topological polar surface area (TPSA) is 103 Å². The zero-order valence-corrected chi connectivity index (χ0v) is 17.2. The normalized spacial score (nSPS) is 12.2. The number of amides is 1. The summed E-state index contributed by atoms with van der Waals surface area (Å²) in [6, 6.07) is 9.22. The molecule has 1 atom stereocenters. The summed E-state index contributed by atoms with van der Waals surface area (Å²) in [4.78, 5) is 12.5. The Balaban J connectivity index is 2.29. The van der Waals surface area contributed by atoms with E-state index in [4.69, 9.17) is 14.2 Å². The lowest BCUT2D eigenvalue weighted by molar-refractivity contribution is 0.0939. The first-order valence-corrected chi connectivity index (χ1v) is 9.90. The molecule has 0 saturated carbocycles. The quantitative estimate of drug-likeness (QED) is 0.694. The van der Waals surface area contributed by atoms with Crippen LogP contribution in [-0.4, -0.2) is 42.7 Å². The van der Waals surface area contributed by atoms with E-state index >= 15 is 0 Å². The second-order valence-electron chi connectivity index (χ2n) is 5.88. The Hall–Kier alpha value is -2.78. The summed E-state index contributed by atoms with van der Waals surface area (Å²) in [5, 5.41) is 2.84. The highest BCUT2D eigenvalue weighted by Crippen LogP contribution is 2.30. The number of sulfonamides is 1. The van der Waals surface area contributed by atoms with E-state index in [1.807, 2.05) is 13.0 Å². The van der Waals surface area contributed by atoms with E-state index in [1.165, 1.54) is 39.5 Å². The van der Waals surface area contributed by atoms with Gasteiger partial charge in [0.15, 0.2) is 11.5 Å². The Morgan fingerprint density at radius 2 is 1.54 bits per heavy atom. The molecule has 1 unspecified atom stereocenters. The average Bonchev–Trinajstić information content (AvgIpc) is 2.72. The van der Waals surface area contributed by atoms with Gasteiger partial charge < -0.3 is 19.5 Å². The molecule has 0 spiro atoms. The molecule has 8 nitrogen and oxygen atoms in total. The first-order chi connectivity index (χ1) is 13.3. The molecule has 0 heterocycles. The first kappa shape index (κ1) is 21.5. The third-order valence-electron chi connectivity index (χ3n) is 4.24. The SMILES string of the molecule is CNS(=O)(=O)c1cc(C(=O)NC(C)c2ccc(OC)c(OC)c2)ccc1OC. The fourth-order valence-corrected chi connectivity index (χ4v) is 3.54. The highest BCUT2D eigenvalue weighted by molar-refractivity contribution is 7.89. The van der Waals surface area contributed by atoms with Gasteiger partial charge in [0.1, 0.15) is 10.6 Å². The molecule has 0 aliphatic carbocycles. The molecule has 2 N–H and O–H groups in total. The number of rotatable bonds is 8. The summed E-state index contributed by atoms with van der Waals surface area (Å²) in [5.41, 5.74) is 1.00. The summed E-state index contributed by atoms with van der Waals surface area (Å²) in [5.74, 6) is 0.867. The Morgan fingerprint density at radius 1 is 0.929 bits per heavy atom. The van der Waals surface area contributed by atoms with Crippen LogP contribution >= 0.6 is 0 Å². The van der Waals surface area contributed by atoms with Crippen molar-refractivity contribution in [2.45, 2.75) is 17.9 Å². The highest BCUT2D eigenvalue weighted by Gasteiger charge is 2.21. The van der Waals surface area contributed by atoms with Gasteiger partial charge in [0.2, 0.25) is 10.0 Å². The molecule has 0 aromatic heterocycles. The van der Waals surface area contributed by atoms with Crippen LogP contribution in [0.15, 0.2) is 41.3 Å². The fraction of sp³-hybridized carbons (Fsp3) is 0.316. The Labute approximate surface area is 164 Å². The van der Waals surface area contributed by atoms with Gasteiger partial charge in [0.25, 0.3) is 5.91 Å². The van der Waals surface area contributed by atoms with Crippen LogP contribution in [0.25, 0.3) is 0 Å². The second-order valence-corrected chi connectivity index (χ2v) is 7.74. The number of hydrogen-bond donors (Lipinski definition) is 2. The number of hydrogen-bond acceptors (Lipinski definition) is 6. The lowest BCUT2D eigenvalue weighted by atomic mass is 10.1. The number of carbonyl (C=O) groups is 1. The molecule has 0 saturated heterocycles. The monoisotopic (exact) mass is 408 g/mol. The average molecular weight is 408 g/mol. The van der Waals surface area contributed by atoms with Crippen LogP contribution in [0.5, 0.6) is 17.2 Å². The van der Waals surface area contributed by atoms with Crippen LogP contribution < -0.4 is 24.2 Å². The molecule has 0 radical (unpaired) electrons.